The maximum Gasteiger partial charge on any atom is 0.310 e. The number of hydrogen-bond acceptors (Lipinski definition) is 4. The van der Waals surface area contributed by atoms with Crippen LogP contribution in [0.1, 0.15) is 5.56 Å². The highest BCUT2D eigenvalue weighted by Gasteiger charge is 2.14. The average molecular weight is 335 g/mol. The fourth-order valence-electron chi connectivity index (χ4n) is 1.94. The third kappa shape index (κ3) is 4.77. The van der Waals surface area contributed by atoms with Crippen LogP contribution in [0.3, 0.4) is 0 Å². The first-order chi connectivity index (χ1) is 11.5. The van der Waals surface area contributed by atoms with Gasteiger partial charge in [0, 0.05) is 0 Å². The molecule has 0 aliphatic carbocycles. The number of amides is 1. The van der Waals surface area contributed by atoms with E-state index in [9.17, 15) is 18.4 Å². The van der Waals surface area contributed by atoms with E-state index < -0.39 is 35.8 Å². The van der Waals surface area contributed by atoms with E-state index in [2.05, 4.69) is 0 Å². The normalized spacial score (nSPS) is 10.1. The van der Waals surface area contributed by atoms with Gasteiger partial charge >= 0.3 is 5.97 Å². The van der Waals surface area contributed by atoms with Gasteiger partial charge in [0.15, 0.2) is 6.61 Å². The molecule has 24 heavy (non-hydrogen) atoms. The van der Waals surface area contributed by atoms with Crippen molar-refractivity contribution in [2.24, 2.45) is 0 Å². The second-order valence-electron chi connectivity index (χ2n) is 4.83. The molecule has 0 unspecified atom stereocenters. The van der Waals surface area contributed by atoms with Gasteiger partial charge in [-0.25, -0.2) is 8.78 Å². The molecule has 0 aromatic heterocycles. The van der Waals surface area contributed by atoms with Crippen LogP contribution in [-0.4, -0.2) is 25.6 Å². The van der Waals surface area contributed by atoms with Gasteiger partial charge in [0.1, 0.15) is 23.1 Å². The Morgan fingerprint density at radius 1 is 1.08 bits per heavy atom. The number of halogens is 2. The van der Waals surface area contributed by atoms with Gasteiger partial charge in [-0.05, 0) is 29.8 Å². The Balaban J connectivity index is 1.86. The zero-order valence-corrected chi connectivity index (χ0v) is 12.8. The first kappa shape index (κ1) is 17.4. The number of hydrogen-bond donors (Lipinski definition) is 1. The summed E-state index contributed by atoms with van der Waals surface area (Å²) in [6.07, 6.45) is -0.0570. The molecule has 0 bridgehead atoms. The van der Waals surface area contributed by atoms with Crippen LogP contribution >= 0.6 is 0 Å². The Morgan fingerprint density at radius 2 is 1.75 bits per heavy atom. The minimum atomic E-state index is -0.911. The van der Waals surface area contributed by atoms with Crippen molar-refractivity contribution in [3.63, 3.8) is 0 Å². The summed E-state index contributed by atoms with van der Waals surface area (Å²) in [6.45, 7) is -0.642. The Bertz CT molecular complexity index is 729. The fraction of sp³-hybridized carbons (Fsp3) is 0.176. The van der Waals surface area contributed by atoms with Gasteiger partial charge in [-0.15, -0.1) is 0 Å². The van der Waals surface area contributed by atoms with Crippen molar-refractivity contribution in [2.45, 2.75) is 6.42 Å². The van der Waals surface area contributed by atoms with E-state index in [-0.39, 0.29) is 6.42 Å². The van der Waals surface area contributed by atoms with Gasteiger partial charge in [0.25, 0.3) is 5.91 Å². The molecule has 0 saturated carbocycles. The highest BCUT2D eigenvalue weighted by Crippen LogP contribution is 2.18. The summed E-state index contributed by atoms with van der Waals surface area (Å²) >= 11 is 0. The van der Waals surface area contributed by atoms with Crippen LogP contribution in [0.4, 0.5) is 14.5 Å². The van der Waals surface area contributed by atoms with E-state index in [1.807, 2.05) is 5.32 Å². The first-order valence-corrected chi connectivity index (χ1v) is 7.02. The Labute approximate surface area is 137 Å². The zero-order valence-electron chi connectivity index (χ0n) is 12.8. The number of esters is 1. The maximum atomic E-state index is 13.4. The molecule has 2 rings (SSSR count). The van der Waals surface area contributed by atoms with Crippen LogP contribution < -0.4 is 10.1 Å². The number of carbonyl (C=O) groups is 2. The van der Waals surface area contributed by atoms with Crippen molar-refractivity contribution in [2.75, 3.05) is 19.0 Å². The van der Waals surface area contributed by atoms with Gasteiger partial charge in [0.2, 0.25) is 0 Å². The average Bonchev–Trinajstić information content (AvgIpc) is 2.56. The summed E-state index contributed by atoms with van der Waals surface area (Å²) < 4.78 is 36.6. The smallest absolute Gasteiger partial charge is 0.310 e. The minimum Gasteiger partial charge on any atom is -0.497 e. The molecule has 126 valence electrons. The number of para-hydroxylation sites is 1. The number of anilines is 1. The van der Waals surface area contributed by atoms with Crippen molar-refractivity contribution in [1.82, 2.24) is 0 Å². The third-order valence-electron chi connectivity index (χ3n) is 3.07. The van der Waals surface area contributed by atoms with Crippen molar-refractivity contribution >= 4 is 17.6 Å². The predicted molar refractivity (Wildman–Crippen MR) is 82.6 cm³/mol. The Morgan fingerprint density at radius 3 is 2.42 bits per heavy atom. The van der Waals surface area contributed by atoms with Crippen molar-refractivity contribution < 1.29 is 27.8 Å². The standard InChI is InChI=1S/C17H15F2NO4/c1-23-12-5-2-4-11(8-12)9-16(22)24-10-15(21)20-17-13(18)6-3-7-14(17)19/h2-8H,9-10H2,1H3,(H,20,21). The van der Waals surface area contributed by atoms with Crippen LogP contribution in [0.2, 0.25) is 0 Å². The maximum absolute atomic E-state index is 13.4. The molecule has 0 heterocycles. The molecule has 0 aliphatic heterocycles. The van der Waals surface area contributed by atoms with E-state index in [4.69, 9.17) is 9.47 Å². The van der Waals surface area contributed by atoms with Crippen molar-refractivity contribution in [3.05, 3.63) is 59.7 Å². The molecule has 7 heteroatoms. The van der Waals surface area contributed by atoms with Crippen molar-refractivity contribution in [3.8, 4) is 5.75 Å². The predicted octanol–water partition coefficient (Wildman–Crippen LogP) is 2.70. The molecular weight excluding hydrogens is 320 g/mol. The van der Waals surface area contributed by atoms with E-state index in [1.165, 1.54) is 13.2 Å². The highest BCUT2D eigenvalue weighted by molar-refractivity contribution is 5.93. The lowest BCUT2D eigenvalue weighted by Crippen LogP contribution is -2.22. The van der Waals surface area contributed by atoms with Gasteiger partial charge in [-0.1, -0.05) is 18.2 Å². The van der Waals surface area contributed by atoms with Crippen LogP contribution in [0.15, 0.2) is 42.5 Å². The molecule has 1 amide bonds. The number of methoxy groups -OCH3 is 1. The summed E-state index contributed by atoms with van der Waals surface area (Å²) in [4.78, 5) is 23.3. The van der Waals surface area contributed by atoms with Gasteiger partial charge < -0.3 is 14.8 Å². The molecule has 0 radical (unpaired) electrons. The van der Waals surface area contributed by atoms with Crippen LogP contribution in [-0.2, 0) is 20.7 Å². The largest absolute Gasteiger partial charge is 0.497 e. The SMILES string of the molecule is COc1cccc(CC(=O)OCC(=O)Nc2c(F)cccc2F)c1. The number of carbonyl (C=O) groups excluding carboxylic acids is 2. The molecule has 2 aromatic carbocycles. The molecule has 1 N–H and O–H groups in total. The quantitative estimate of drug-likeness (QED) is 0.825. The van der Waals surface area contributed by atoms with Gasteiger partial charge in [-0.2, -0.15) is 0 Å². The number of nitrogens with one attached hydrogen (secondary N) is 1. The highest BCUT2D eigenvalue weighted by atomic mass is 19.1. The summed E-state index contributed by atoms with van der Waals surface area (Å²) in [5.41, 5.74) is 0.0752. The van der Waals surface area contributed by atoms with Crippen LogP contribution in [0, 0.1) is 11.6 Å². The fourth-order valence-corrected chi connectivity index (χ4v) is 1.94. The van der Waals surface area contributed by atoms with E-state index in [0.717, 1.165) is 12.1 Å². The zero-order chi connectivity index (χ0) is 17.5. The Kier molecular flexibility index (Phi) is 5.83. The van der Waals surface area contributed by atoms with Crippen LogP contribution in [0.25, 0.3) is 0 Å². The van der Waals surface area contributed by atoms with E-state index in [0.29, 0.717) is 11.3 Å². The lowest BCUT2D eigenvalue weighted by Gasteiger charge is -2.08. The number of rotatable bonds is 6. The first-order valence-electron chi connectivity index (χ1n) is 7.02. The number of benzene rings is 2. The second kappa shape index (κ2) is 8.05. The molecule has 0 saturated heterocycles. The second-order valence-corrected chi connectivity index (χ2v) is 4.83. The molecule has 0 spiro atoms. The molecule has 2 aromatic rings. The van der Waals surface area contributed by atoms with Crippen LogP contribution in [0.5, 0.6) is 5.75 Å². The molecular formula is C17H15F2NO4. The lowest BCUT2D eigenvalue weighted by atomic mass is 10.1. The molecule has 0 atom stereocenters. The molecule has 0 aliphatic rings. The number of ether oxygens (including phenoxy) is 2. The summed E-state index contributed by atoms with van der Waals surface area (Å²) in [7, 11) is 1.50. The van der Waals surface area contributed by atoms with E-state index >= 15 is 0 Å². The van der Waals surface area contributed by atoms with E-state index in [1.54, 1.807) is 24.3 Å². The lowest BCUT2D eigenvalue weighted by molar-refractivity contribution is -0.146. The van der Waals surface area contributed by atoms with Gasteiger partial charge in [-0.3, -0.25) is 9.59 Å². The monoisotopic (exact) mass is 335 g/mol. The summed E-state index contributed by atoms with van der Waals surface area (Å²) in [5, 5.41) is 2.03. The molecule has 0 fully saturated rings. The Hall–Kier alpha value is -2.96. The third-order valence-corrected chi connectivity index (χ3v) is 3.07. The van der Waals surface area contributed by atoms with Crippen molar-refractivity contribution in [1.29, 1.82) is 0 Å². The van der Waals surface area contributed by atoms with Gasteiger partial charge in [0.05, 0.1) is 13.5 Å². The summed E-state index contributed by atoms with van der Waals surface area (Å²) in [6, 6.07) is 10.0. The molecule has 5 nitrogen and oxygen atoms in total. The minimum absolute atomic E-state index is 0.0570. The summed E-state index contributed by atoms with van der Waals surface area (Å²) in [5.74, 6) is -2.71. The topological polar surface area (TPSA) is 64.6 Å².